The highest BCUT2D eigenvalue weighted by atomic mass is 16.2. The number of nitrogen functional groups attached to an aromatic ring is 1. The van der Waals surface area contributed by atoms with Crippen molar-refractivity contribution in [2.24, 2.45) is 5.84 Å². The second-order valence-corrected chi connectivity index (χ2v) is 9.05. The number of aromatic nitrogens is 4. The Hall–Kier alpha value is -5.53. The number of rotatable bonds is 5. The van der Waals surface area contributed by atoms with Crippen LogP contribution in [-0.4, -0.2) is 37.5 Å². The summed E-state index contributed by atoms with van der Waals surface area (Å²) in [6.45, 7) is 1.75. The number of pyridine rings is 2. The Morgan fingerprint density at radius 2 is 1.90 bits per heavy atom. The number of allylic oxidation sites excluding steroid dienone is 1. The first-order valence-corrected chi connectivity index (χ1v) is 12.4. The van der Waals surface area contributed by atoms with E-state index in [0.717, 1.165) is 0 Å². The van der Waals surface area contributed by atoms with Crippen LogP contribution in [0.3, 0.4) is 0 Å². The Labute approximate surface area is 230 Å². The van der Waals surface area contributed by atoms with Crippen LogP contribution < -0.4 is 22.5 Å². The molecule has 2 aromatic carbocycles. The Morgan fingerprint density at radius 3 is 2.67 bits per heavy atom. The van der Waals surface area contributed by atoms with E-state index in [1.165, 1.54) is 9.58 Å². The number of fused-ring (bicyclic) bond motifs is 2. The lowest BCUT2D eigenvalue weighted by Crippen LogP contribution is -2.34. The van der Waals surface area contributed by atoms with Crippen LogP contribution in [0.4, 0.5) is 5.82 Å². The van der Waals surface area contributed by atoms with Gasteiger partial charge in [0.25, 0.3) is 11.5 Å². The Kier molecular flexibility index (Phi) is 7.22. The van der Waals surface area contributed by atoms with E-state index < -0.39 is 11.9 Å². The normalized spacial score (nSPS) is 11.8. The van der Waals surface area contributed by atoms with Crippen molar-refractivity contribution in [3.05, 3.63) is 113 Å². The van der Waals surface area contributed by atoms with Gasteiger partial charge in [0.05, 0.1) is 28.1 Å². The number of nitrogens with zero attached hydrogens (tertiary/aromatic N) is 5. The first-order valence-electron chi connectivity index (χ1n) is 12.4. The molecule has 0 radical (unpaired) electrons. The van der Waals surface area contributed by atoms with E-state index >= 15 is 0 Å². The van der Waals surface area contributed by atoms with Crippen molar-refractivity contribution in [3.63, 3.8) is 0 Å². The number of carbonyl (C=O) groups excluding carboxylic acids is 1. The topological polar surface area (TPSA) is 145 Å². The summed E-state index contributed by atoms with van der Waals surface area (Å²) in [4.78, 5) is 40.9. The van der Waals surface area contributed by atoms with Gasteiger partial charge in [-0.2, -0.15) is 0 Å². The SMILES string of the molecule is C[C@@H](NC(=O)c1c(N)ncc2cccnc12)c1nc2cccc(C#C/C=C/N(C)N)c2c(=O)n1-c1ccccc1. The van der Waals surface area contributed by atoms with Gasteiger partial charge in [-0.3, -0.25) is 19.1 Å². The number of hydrogen-bond donors (Lipinski definition) is 3. The summed E-state index contributed by atoms with van der Waals surface area (Å²) in [7, 11) is 1.68. The number of para-hydroxylation sites is 1. The van der Waals surface area contributed by atoms with Gasteiger partial charge in [0.15, 0.2) is 0 Å². The first kappa shape index (κ1) is 26.1. The van der Waals surface area contributed by atoms with Crippen molar-refractivity contribution < 1.29 is 4.79 Å². The van der Waals surface area contributed by atoms with Gasteiger partial charge >= 0.3 is 0 Å². The van der Waals surface area contributed by atoms with E-state index in [1.54, 1.807) is 81.1 Å². The maximum Gasteiger partial charge on any atom is 0.267 e. The fraction of sp³-hybridized carbons (Fsp3) is 0.100. The van der Waals surface area contributed by atoms with Gasteiger partial charge in [0.2, 0.25) is 0 Å². The summed E-state index contributed by atoms with van der Waals surface area (Å²) >= 11 is 0. The molecule has 1 atom stereocenters. The molecule has 5 N–H and O–H groups in total. The maximum atomic E-state index is 14.1. The van der Waals surface area contributed by atoms with Crippen LogP contribution in [0.5, 0.6) is 0 Å². The predicted molar refractivity (Wildman–Crippen MR) is 155 cm³/mol. The number of benzene rings is 2. The lowest BCUT2D eigenvalue weighted by molar-refractivity contribution is 0.0940. The van der Waals surface area contributed by atoms with Crippen LogP contribution in [0.25, 0.3) is 27.5 Å². The highest BCUT2D eigenvalue weighted by Gasteiger charge is 2.23. The van der Waals surface area contributed by atoms with E-state index in [4.69, 9.17) is 16.6 Å². The number of nitrogens with one attached hydrogen (secondary N) is 1. The minimum Gasteiger partial charge on any atom is -0.383 e. The molecule has 5 aromatic rings. The van der Waals surface area contributed by atoms with Gasteiger partial charge in [-0.05, 0) is 43.3 Å². The molecule has 5 rings (SSSR count). The molecular formula is C30H26N8O2. The monoisotopic (exact) mass is 530 g/mol. The third-order valence-corrected chi connectivity index (χ3v) is 6.17. The summed E-state index contributed by atoms with van der Waals surface area (Å²) < 4.78 is 1.49. The van der Waals surface area contributed by atoms with E-state index in [-0.39, 0.29) is 16.9 Å². The summed E-state index contributed by atoms with van der Waals surface area (Å²) in [6.07, 6.45) is 6.36. The lowest BCUT2D eigenvalue weighted by atomic mass is 10.1. The van der Waals surface area contributed by atoms with E-state index in [2.05, 4.69) is 27.1 Å². The van der Waals surface area contributed by atoms with Gasteiger partial charge in [-0.1, -0.05) is 36.1 Å². The molecule has 40 heavy (non-hydrogen) atoms. The van der Waals surface area contributed by atoms with E-state index in [9.17, 15) is 9.59 Å². The number of carbonyl (C=O) groups is 1. The Morgan fingerprint density at radius 1 is 1.10 bits per heavy atom. The Balaban J connectivity index is 1.64. The zero-order valence-corrected chi connectivity index (χ0v) is 21.9. The second kappa shape index (κ2) is 11.1. The minimum absolute atomic E-state index is 0.0564. The molecule has 0 saturated carbocycles. The molecule has 0 aliphatic heterocycles. The molecule has 198 valence electrons. The zero-order chi connectivity index (χ0) is 28.2. The maximum absolute atomic E-state index is 14.1. The molecule has 0 aliphatic carbocycles. The van der Waals surface area contributed by atoms with E-state index in [0.29, 0.717) is 38.9 Å². The number of hydrazine groups is 1. The highest BCUT2D eigenvalue weighted by molar-refractivity contribution is 6.09. The third kappa shape index (κ3) is 5.09. The zero-order valence-electron chi connectivity index (χ0n) is 21.9. The summed E-state index contributed by atoms with van der Waals surface area (Å²) in [6, 6.07) is 17.3. The van der Waals surface area contributed by atoms with Crippen molar-refractivity contribution in [1.29, 1.82) is 0 Å². The smallest absolute Gasteiger partial charge is 0.267 e. The summed E-state index contributed by atoms with van der Waals surface area (Å²) in [5, 5.41) is 5.36. The van der Waals surface area contributed by atoms with Crippen LogP contribution in [0.2, 0.25) is 0 Å². The molecule has 10 heteroatoms. The van der Waals surface area contributed by atoms with Crippen molar-refractivity contribution in [2.45, 2.75) is 13.0 Å². The van der Waals surface area contributed by atoms with Gasteiger partial charge in [0, 0.05) is 42.7 Å². The van der Waals surface area contributed by atoms with Crippen LogP contribution in [-0.2, 0) is 0 Å². The fourth-order valence-electron chi connectivity index (χ4n) is 4.36. The summed E-state index contributed by atoms with van der Waals surface area (Å²) in [5.41, 5.74) is 7.94. The molecule has 0 aliphatic rings. The van der Waals surface area contributed by atoms with Gasteiger partial charge < -0.3 is 16.1 Å². The standard InChI is InChI=1S/C30H26N8O2/c1-19(35-29(39)25-26-21(12-9-16-33-26)18-34-27(25)31)28-36-23-15-8-11-20(10-6-7-17-37(2)32)24(23)30(40)38(28)22-13-4-3-5-14-22/h3-5,7-9,11-19H,32H2,1-2H3,(H2,31,34)(H,35,39)/b17-7+/t19-/m1/s1. The second-order valence-electron chi connectivity index (χ2n) is 9.05. The number of nitrogens with two attached hydrogens (primary N) is 2. The Bertz CT molecular complexity index is 1890. The van der Waals surface area contributed by atoms with Crippen LogP contribution in [0, 0.1) is 11.8 Å². The molecule has 0 bridgehead atoms. The fourth-order valence-corrected chi connectivity index (χ4v) is 4.36. The van der Waals surface area contributed by atoms with Gasteiger partial charge in [-0.15, -0.1) is 0 Å². The summed E-state index contributed by atoms with van der Waals surface area (Å²) in [5.74, 6) is 11.4. The molecule has 0 spiro atoms. The number of amides is 1. The quantitative estimate of drug-likeness (QED) is 0.179. The van der Waals surface area contributed by atoms with Gasteiger partial charge in [0.1, 0.15) is 17.2 Å². The van der Waals surface area contributed by atoms with Crippen molar-refractivity contribution in [2.75, 3.05) is 12.8 Å². The molecule has 0 saturated heterocycles. The minimum atomic E-state index is -0.694. The molecular weight excluding hydrogens is 504 g/mol. The lowest BCUT2D eigenvalue weighted by Gasteiger charge is -2.20. The molecule has 1 amide bonds. The predicted octanol–water partition coefficient (Wildman–Crippen LogP) is 3.07. The molecule has 0 fully saturated rings. The van der Waals surface area contributed by atoms with Crippen molar-refractivity contribution in [3.8, 4) is 17.5 Å². The van der Waals surface area contributed by atoms with E-state index in [1.807, 2.05) is 18.2 Å². The van der Waals surface area contributed by atoms with Crippen LogP contribution in [0.1, 0.15) is 34.7 Å². The van der Waals surface area contributed by atoms with Crippen LogP contribution >= 0.6 is 0 Å². The average Bonchev–Trinajstić information content (AvgIpc) is 2.95. The largest absolute Gasteiger partial charge is 0.383 e. The van der Waals surface area contributed by atoms with Crippen molar-refractivity contribution in [1.82, 2.24) is 29.8 Å². The third-order valence-electron chi connectivity index (χ3n) is 6.17. The molecule has 10 nitrogen and oxygen atoms in total. The first-order chi connectivity index (χ1) is 19.3. The van der Waals surface area contributed by atoms with Crippen LogP contribution in [0.15, 0.2) is 90.1 Å². The molecule has 3 aromatic heterocycles. The molecule has 0 unspecified atom stereocenters. The number of hydrogen-bond acceptors (Lipinski definition) is 8. The van der Waals surface area contributed by atoms with Crippen molar-refractivity contribution >= 4 is 33.5 Å². The number of anilines is 1. The highest BCUT2D eigenvalue weighted by Crippen LogP contribution is 2.23. The molecule has 3 heterocycles. The van der Waals surface area contributed by atoms with Gasteiger partial charge in [-0.25, -0.2) is 15.8 Å². The average molecular weight is 531 g/mol.